The third-order valence-corrected chi connectivity index (χ3v) is 4.59. The van der Waals surface area contributed by atoms with E-state index in [0.29, 0.717) is 0 Å². The van der Waals surface area contributed by atoms with E-state index in [1.54, 1.807) is 6.92 Å². The number of hydrogen-bond acceptors (Lipinski definition) is 10. The minimum absolute atomic E-state index is 0.396. The molecule has 10 heteroatoms. The Balaban J connectivity index is 2.12. The van der Waals surface area contributed by atoms with Crippen molar-refractivity contribution in [3.8, 4) is 0 Å². The molecule has 0 aromatic rings. The van der Waals surface area contributed by atoms with Gasteiger partial charge in [-0.1, -0.05) is 6.92 Å². The molecule has 0 unspecified atom stereocenters. The summed E-state index contributed by atoms with van der Waals surface area (Å²) in [6, 6.07) is 0. The van der Waals surface area contributed by atoms with Crippen LogP contribution < -0.4 is 0 Å². The zero-order valence-electron chi connectivity index (χ0n) is 13.5. The fourth-order valence-electron chi connectivity index (χ4n) is 2.96. The molecule has 2 heterocycles. The van der Waals surface area contributed by atoms with E-state index in [-0.39, 0.29) is 0 Å². The lowest BCUT2D eigenvalue weighted by molar-refractivity contribution is -0.353. The van der Waals surface area contributed by atoms with Crippen LogP contribution in [0, 0.1) is 5.92 Å². The molecule has 2 rings (SSSR count). The monoisotopic (exact) mass is 354 g/mol. The summed E-state index contributed by atoms with van der Waals surface area (Å²) in [5, 5.41) is 59.0. The Labute approximate surface area is 139 Å². The standard InChI is InChI=1S/C14H26O10/c1-5-6(3-15)22-14(10(19)8(5)17)24-12-7(4-16)23-13(21-2)11(20)9(12)18/h5-20H,3-4H2,1-2H3/t5-,6+,7+,8+,9-,10-,11-,12-,13-,14+/m0/s1. The number of aliphatic hydroxyl groups excluding tert-OH is 6. The van der Waals surface area contributed by atoms with E-state index in [2.05, 4.69) is 0 Å². The van der Waals surface area contributed by atoms with Crippen LogP contribution in [-0.2, 0) is 18.9 Å². The van der Waals surface area contributed by atoms with Gasteiger partial charge in [-0.2, -0.15) is 0 Å². The molecule has 10 atom stereocenters. The maximum Gasteiger partial charge on any atom is 0.187 e. The van der Waals surface area contributed by atoms with Crippen LogP contribution in [0.15, 0.2) is 0 Å². The summed E-state index contributed by atoms with van der Waals surface area (Å²) in [5.74, 6) is -0.533. The maximum absolute atomic E-state index is 10.2. The van der Waals surface area contributed by atoms with Gasteiger partial charge in [0.1, 0.15) is 30.5 Å². The van der Waals surface area contributed by atoms with Crippen LogP contribution in [0.5, 0.6) is 0 Å². The van der Waals surface area contributed by atoms with Gasteiger partial charge in [-0.3, -0.25) is 0 Å². The highest BCUT2D eigenvalue weighted by Crippen LogP contribution is 2.31. The molecule has 6 N–H and O–H groups in total. The first-order valence-electron chi connectivity index (χ1n) is 7.78. The van der Waals surface area contributed by atoms with Crippen molar-refractivity contribution >= 4 is 0 Å². The molecule has 2 aliphatic rings. The molecule has 0 aromatic heterocycles. The molecule has 0 radical (unpaired) electrons. The highest BCUT2D eigenvalue weighted by Gasteiger charge is 2.49. The highest BCUT2D eigenvalue weighted by molar-refractivity contribution is 4.93. The summed E-state index contributed by atoms with van der Waals surface area (Å²) in [6.07, 6.45) is -11.2. The summed E-state index contributed by atoms with van der Waals surface area (Å²) in [4.78, 5) is 0. The Morgan fingerprint density at radius 2 is 1.33 bits per heavy atom. The third kappa shape index (κ3) is 3.73. The second kappa shape index (κ2) is 8.32. The number of aliphatic hydroxyl groups is 6. The van der Waals surface area contributed by atoms with Crippen molar-refractivity contribution in [1.29, 1.82) is 0 Å². The van der Waals surface area contributed by atoms with Gasteiger partial charge in [-0.05, 0) is 0 Å². The van der Waals surface area contributed by atoms with E-state index < -0.39 is 74.4 Å². The van der Waals surface area contributed by atoms with Crippen molar-refractivity contribution in [2.24, 2.45) is 5.92 Å². The van der Waals surface area contributed by atoms with Crippen LogP contribution in [0.1, 0.15) is 6.92 Å². The largest absolute Gasteiger partial charge is 0.394 e. The summed E-state index contributed by atoms with van der Waals surface area (Å²) < 4.78 is 21.1. The van der Waals surface area contributed by atoms with Gasteiger partial charge in [-0.25, -0.2) is 0 Å². The first-order chi connectivity index (χ1) is 11.3. The number of rotatable bonds is 5. The Bertz CT molecular complexity index is 392. The zero-order valence-corrected chi connectivity index (χ0v) is 13.5. The molecule has 2 saturated heterocycles. The van der Waals surface area contributed by atoms with E-state index in [9.17, 15) is 30.6 Å². The molecule has 142 valence electrons. The average Bonchev–Trinajstić information content (AvgIpc) is 2.59. The summed E-state index contributed by atoms with van der Waals surface area (Å²) in [7, 11) is 1.27. The van der Waals surface area contributed by atoms with Crippen molar-refractivity contribution in [2.75, 3.05) is 20.3 Å². The van der Waals surface area contributed by atoms with Crippen LogP contribution in [0.25, 0.3) is 0 Å². The van der Waals surface area contributed by atoms with E-state index in [0.717, 1.165) is 0 Å². The zero-order chi connectivity index (χ0) is 18.0. The van der Waals surface area contributed by atoms with Crippen LogP contribution in [0.3, 0.4) is 0 Å². The van der Waals surface area contributed by atoms with Crippen molar-refractivity contribution in [3.63, 3.8) is 0 Å². The van der Waals surface area contributed by atoms with Gasteiger partial charge >= 0.3 is 0 Å². The fourth-order valence-corrected chi connectivity index (χ4v) is 2.96. The predicted octanol–water partition coefficient (Wildman–Crippen LogP) is -3.47. The lowest BCUT2D eigenvalue weighted by Crippen LogP contribution is -2.63. The predicted molar refractivity (Wildman–Crippen MR) is 76.6 cm³/mol. The second-order valence-electron chi connectivity index (χ2n) is 6.11. The van der Waals surface area contributed by atoms with E-state index in [4.69, 9.17) is 18.9 Å². The molecule has 0 aliphatic carbocycles. The lowest BCUT2D eigenvalue weighted by atomic mass is 9.91. The van der Waals surface area contributed by atoms with Gasteiger partial charge in [0, 0.05) is 13.0 Å². The number of hydrogen-bond donors (Lipinski definition) is 6. The fraction of sp³-hybridized carbons (Fsp3) is 1.00. The van der Waals surface area contributed by atoms with Gasteiger partial charge in [0.15, 0.2) is 12.6 Å². The quantitative estimate of drug-likeness (QED) is 0.293. The van der Waals surface area contributed by atoms with Crippen LogP contribution in [0.4, 0.5) is 0 Å². The molecular weight excluding hydrogens is 328 g/mol. The van der Waals surface area contributed by atoms with Gasteiger partial charge in [0.25, 0.3) is 0 Å². The van der Waals surface area contributed by atoms with Gasteiger partial charge in [0.2, 0.25) is 0 Å². The lowest BCUT2D eigenvalue weighted by Gasteiger charge is -2.46. The van der Waals surface area contributed by atoms with Crippen LogP contribution in [-0.4, -0.2) is 106 Å². The van der Waals surface area contributed by atoms with Crippen LogP contribution >= 0.6 is 0 Å². The Kier molecular flexibility index (Phi) is 6.90. The summed E-state index contributed by atoms with van der Waals surface area (Å²) in [6.45, 7) is 0.666. The molecule has 0 amide bonds. The molecule has 0 bridgehead atoms. The topological polar surface area (TPSA) is 158 Å². The Morgan fingerprint density at radius 1 is 0.792 bits per heavy atom. The SMILES string of the molecule is CO[C@H]1O[C@H](CO)[C@H](O[C@H]2O[C@H](CO)[C@H](C)[C@@H](O)[C@@H]2O)[C@@H](O)[C@@H]1O. The molecule has 0 spiro atoms. The van der Waals surface area contributed by atoms with Crippen molar-refractivity contribution in [2.45, 2.75) is 62.2 Å². The Morgan fingerprint density at radius 3 is 1.88 bits per heavy atom. The van der Waals surface area contributed by atoms with E-state index >= 15 is 0 Å². The highest BCUT2D eigenvalue weighted by atomic mass is 16.7. The van der Waals surface area contributed by atoms with E-state index in [1.165, 1.54) is 7.11 Å². The molecule has 10 nitrogen and oxygen atoms in total. The van der Waals surface area contributed by atoms with Crippen molar-refractivity contribution in [3.05, 3.63) is 0 Å². The van der Waals surface area contributed by atoms with E-state index in [1.807, 2.05) is 0 Å². The van der Waals surface area contributed by atoms with Crippen molar-refractivity contribution in [1.82, 2.24) is 0 Å². The Hall–Kier alpha value is -0.400. The minimum atomic E-state index is -1.49. The number of ether oxygens (including phenoxy) is 4. The normalized spacial score (nSPS) is 50.0. The third-order valence-electron chi connectivity index (χ3n) is 4.59. The maximum atomic E-state index is 10.2. The molecule has 24 heavy (non-hydrogen) atoms. The molecule has 0 aromatic carbocycles. The molecule has 0 saturated carbocycles. The summed E-state index contributed by atoms with van der Waals surface area (Å²) >= 11 is 0. The van der Waals surface area contributed by atoms with Gasteiger partial charge in [-0.15, -0.1) is 0 Å². The summed E-state index contributed by atoms with van der Waals surface area (Å²) in [5.41, 5.74) is 0. The molecule has 2 aliphatic heterocycles. The molecule has 2 fully saturated rings. The van der Waals surface area contributed by atoms with Gasteiger partial charge < -0.3 is 49.6 Å². The van der Waals surface area contributed by atoms with Crippen LogP contribution in [0.2, 0.25) is 0 Å². The average molecular weight is 354 g/mol. The number of methoxy groups -OCH3 is 1. The second-order valence-corrected chi connectivity index (χ2v) is 6.11. The smallest absolute Gasteiger partial charge is 0.187 e. The van der Waals surface area contributed by atoms with Gasteiger partial charge in [0.05, 0.1) is 25.4 Å². The van der Waals surface area contributed by atoms with Crippen molar-refractivity contribution < 1.29 is 49.6 Å². The first-order valence-corrected chi connectivity index (χ1v) is 7.78. The minimum Gasteiger partial charge on any atom is -0.394 e. The molecular formula is C14H26O10. The first kappa shape index (κ1) is 19.9.